The number of furan rings is 1. The van der Waals surface area contributed by atoms with Crippen LogP contribution in [0.25, 0.3) is 0 Å². The number of rotatable bonds is 8. The highest BCUT2D eigenvalue weighted by molar-refractivity contribution is 5.96. The topological polar surface area (TPSA) is 71.5 Å². The van der Waals surface area contributed by atoms with Gasteiger partial charge in [-0.1, -0.05) is 25.9 Å². The van der Waals surface area contributed by atoms with Gasteiger partial charge in [-0.2, -0.15) is 0 Å². The molecule has 0 radical (unpaired) electrons. The Balaban J connectivity index is 2.12. The monoisotopic (exact) mass is 319 g/mol. The maximum absolute atomic E-state index is 12.5. The molecule has 0 spiro atoms. The minimum Gasteiger partial charge on any atom is -0.468 e. The molecule has 2 aromatic heterocycles. The maximum Gasteiger partial charge on any atom is 0.256 e. The Labute approximate surface area is 136 Å². The fourth-order valence-corrected chi connectivity index (χ4v) is 2.78. The molecule has 0 aromatic carbocycles. The Kier molecular flexibility index (Phi) is 5.98. The number of hydrogen-bond donors (Lipinski definition) is 1. The van der Waals surface area contributed by atoms with Crippen molar-refractivity contribution in [3.8, 4) is 0 Å². The summed E-state index contributed by atoms with van der Waals surface area (Å²) in [6, 6.07) is 3.82. The molecule has 0 saturated heterocycles. The van der Waals surface area contributed by atoms with Crippen LogP contribution in [0, 0.1) is 6.92 Å². The molecule has 1 N–H and O–H groups in total. The molecule has 0 fully saturated rings. The molecule has 1 amide bonds. The van der Waals surface area contributed by atoms with Gasteiger partial charge >= 0.3 is 0 Å². The van der Waals surface area contributed by atoms with E-state index in [1.54, 1.807) is 13.2 Å². The number of aromatic nitrogens is 1. The van der Waals surface area contributed by atoms with Gasteiger partial charge in [0.2, 0.25) is 0 Å². The summed E-state index contributed by atoms with van der Waals surface area (Å²) in [4.78, 5) is 14.8. The largest absolute Gasteiger partial charge is 0.468 e. The smallest absolute Gasteiger partial charge is 0.256 e. The summed E-state index contributed by atoms with van der Waals surface area (Å²) in [6.07, 6.45) is 2.32. The van der Waals surface area contributed by atoms with Gasteiger partial charge in [0.25, 0.3) is 5.91 Å². The van der Waals surface area contributed by atoms with E-state index in [2.05, 4.69) is 29.2 Å². The lowest BCUT2D eigenvalue weighted by Crippen LogP contribution is -2.38. The van der Waals surface area contributed by atoms with Gasteiger partial charge in [-0.05, 0) is 38.6 Å². The number of amides is 1. The van der Waals surface area contributed by atoms with Crippen molar-refractivity contribution < 1.29 is 13.7 Å². The average Bonchev–Trinajstić information content (AvgIpc) is 3.20. The fourth-order valence-electron chi connectivity index (χ4n) is 2.78. The fraction of sp³-hybridized carbons (Fsp3) is 0.529. The molecule has 0 unspecified atom stereocenters. The quantitative estimate of drug-likeness (QED) is 0.810. The van der Waals surface area contributed by atoms with E-state index in [0.29, 0.717) is 30.0 Å². The van der Waals surface area contributed by atoms with Gasteiger partial charge in [-0.3, -0.25) is 9.69 Å². The van der Waals surface area contributed by atoms with E-state index in [0.717, 1.165) is 18.8 Å². The summed E-state index contributed by atoms with van der Waals surface area (Å²) < 4.78 is 10.7. The number of nitrogens with one attached hydrogen (secondary N) is 1. The van der Waals surface area contributed by atoms with Gasteiger partial charge in [0.05, 0.1) is 18.0 Å². The molecule has 126 valence electrons. The van der Waals surface area contributed by atoms with Crippen LogP contribution in [-0.2, 0) is 6.42 Å². The van der Waals surface area contributed by atoms with E-state index >= 15 is 0 Å². The number of likely N-dealkylation sites (N-methyl/N-ethyl adjacent to an activating group) is 1. The highest BCUT2D eigenvalue weighted by Crippen LogP contribution is 2.21. The minimum atomic E-state index is -0.149. The van der Waals surface area contributed by atoms with Crippen LogP contribution >= 0.6 is 0 Å². The lowest BCUT2D eigenvalue weighted by Gasteiger charge is -2.28. The van der Waals surface area contributed by atoms with E-state index in [-0.39, 0.29) is 11.9 Å². The van der Waals surface area contributed by atoms with Crippen LogP contribution in [0.5, 0.6) is 0 Å². The first kappa shape index (κ1) is 17.3. The predicted octanol–water partition coefficient (Wildman–Crippen LogP) is 2.95. The molecule has 0 aliphatic carbocycles. The zero-order valence-electron chi connectivity index (χ0n) is 14.3. The van der Waals surface area contributed by atoms with Crippen molar-refractivity contribution in [2.24, 2.45) is 0 Å². The number of nitrogens with zero attached hydrogens (tertiary/aromatic N) is 2. The molecule has 0 aliphatic heterocycles. The highest BCUT2D eigenvalue weighted by Gasteiger charge is 2.24. The van der Waals surface area contributed by atoms with Crippen molar-refractivity contribution in [1.29, 1.82) is 0 Å². The zero-order valence-corrected chi connectivity index (χ0v) is 14.3. The standard InChI is InChI=1S/C17H25N3O3/c1-5-13-16(12(4)23-19-13)17(21)18-11-14(20(6-2)7-3)15-9-8-10-22-15/h8-10,14H,5-7,11H2,1-4H3,(H,18,21)/t14-/m0/s1. The number of hydrogen-bond acceptors (Lipinski definition) is 5. The van der Waals surface area contributed by atoms with Gasteiger partial charge in [0.1, 0.15) is 17.1 Å². The third-order valence-electron chi connectivity index (χ3n) is 4.08. The summed E-state index contributed by atoms with van der Waals surface area (Å²) in [5, 5.41) is 6.93. The van der Waals surface area contributed by atoms with Crippen LogP contribution < -0.4 is 5.32 Å². The molecule has 6 nitrogen and oxygen atoms in total. The minimum absolute atomic E-state index is 0.00851. The van der Waals surface area contributed by atoms with Crippen molar-refractivity contribution in [2.45, 2.75) is 40.2 Å². The zero-order chi connectivity index (χ0) is 16.8. The lowest BCUT2D eigenvalue weighted by molar-refractivity contribution is 0.0927. The number of carbonyl (C=O) groups is 1. The third kappa shape index (κ3) is 3.82. The van der Waals surface area contributed by atoms with E-state index in [1.807, 2.05) is 19.1 Å². The molecule has 2 heterocycles. The molecule has 1 atom stereocenters. The second-order valence-electron chi connectivity index (χ2n) is 5.38. The Morgan fingerprint density at radius 1 is 1.35 bits per heavy atom. The Bertz CT molecular complexity index is 615. The first-order valence-corrected chi connectivity index (χ1v) is 8.13. The van der Waals surface area contributed by atoms with Gasteiger partial charge in [0, 0.05) is 6.54 Å². The van der Waals surface area contributed by atoms with E-state index in [4.69, 9.17) is 8.94 Å². The summed E-state index contributed by atoms with van der Waals surface area (Å²) in [6.45, 7) is 10.1. The average molecular weight is 319 g/mol. The molecule has 0 saturated carbocycles. The molecule has 0 aliphatic rings. The van der Waals surface area contributed by atoms with Crippen molar-refractivity contribution >= 4 is 5.91 Å². The van der Waals surface area contributed by atoms with Crippen LogP contribution in [-0.4, -0.2) is 35.6 Å². The van der Waals surface area contributed by atoms with Crippen molar-refractivity contribution in [2.75, 3.05) is 19.6 Å². The Hall–Kier alpha value is -2.08. The predicted molar refractivity (Wildman–Crippen MR) is 87.3 cm³/mol. The summed E-state index contributed by atoms with van der Waals surface area (Å²) in [5.41, 5.74) is 1.24. The summed E-state index contributed by atoms with van der Waals surface area (Å²) in [7, 11) is 0. The molecule has 6 heteroatoms. The van der Waals surface area contributed by atoms with E-state index in [9.17, 15) is 4.79 Å². The molecule has 2 aromatic rings. The van der Waals surface area contributed by atoms with Crippen LogP contribution in [0.4, 0.5) is 0 Å². The first-order chi connectivity index (χ1) is 11.1. The second-order valence-corrected chi connectivity index (χ2v) is 5.38. The van der Waals surface area contributed by atoms with Crippen molar-refractivity contribution in [1.82, 2.24) is 15.4 Å². The Morgan fingerprint density at radius 2 is 2.09 bits per heavy atom. The van der Waals surface area contributed by atoms with Crippen molar-refractivity contribution in [3.63, 3.8) is 0 Å². The SMILES string of the molecule is CCc1noc(C)c1C(=O)NC[C@@H](c1ccco1)N(CC)CC. The van der Waals surface area contributed by atoms with Crippen LogP contribution in [0.3, 0.4) is 0 Å². The first-order valence-electron chi connectivity index (χ1n) is 8.13. The Morgan fingerprint density at radius 3 is 2.65 bits per heavy atom. The van der Waals surface area contributed by atoms with Gasteiger partial charge in [-0.25, -0.2) is 0 Å². The van der Waals surface area contributed by atoms with Gasteiger partial charge in [0.15, 0.2) is 0 Å². The summed E-state index contributed by atoms with van der Waals surface area (Å²) >= 11 is 0. The second kappa shape index (κ2) is 7.97. The highest BCUT2D eigenvalue weighted by atomic mass is 16.5. The van der Waals surface area contributed by atoms with Crippen LogP contribution in [0.1, 0.15) is 54.4 Å². The molecular weight excluding hydrogens is 294 g/mol. The maximum atomic E-state index is 12.5. The normalized spacial score (nSPS) is 12.6. The van der Waals surface area contributed by atoms with Gasteiger partial charge in [-0.15, -0.1) is 0 Å². The molecule has 0 bridgehead atoms. The van der Waals surface area contributed by atoms with E-state index in [1.165, 1.54) is 0 Å². The third-order valence-corrected chi connectivity index (χ3v) is 4.08. The van der Waals surface area contributed by atoms with E-state index < -0.39 is 0 Å². The molecule has 23 heavy (non-hydrogen) atoms. The molecule has 2 rings (SSSR count). The summed E-state index contributed by atoms with van der Waals surface area (Å²) in [5.74, 6) is 1.26. The lowest BCUT2D eigenvalue weighted by atomic mass is 10.1. The number of carbonyl (C=O) groups excluding carboxylic acids is 1. The van der Waals surface area contributed by atoms with Crippen LogP contribution in [0.15, 0.2) is 27.3 Å². The van der Waals surface area contributed by atoms with Crippen LogP contribution in [0.2, 0.25) is 0 Å². The molecular formula is C17H25N3O3. The number of aryl methyl sites for hydroxylation is 2. The van der Waals surface area contributed by atoms with Crippen molar-refractivity contribution in [3.05, 3.63) is 41.2 Å². The van der Waals surface area contributed by atoms with Gasteiger partial charge < -0.3 is 14.3 Å².